The summed E-state index contributed by atoms with van der Waals surface area (Å²) in [5, 5.41) is 8.39. The van der Waals surface area contributed by atoms with E-state index in [0.717, 1.165) is 24.4 Å². The summed E-state index contributed by atoms with van der Waals surface area (Å²) in [7, 11) is 1.63. The van der Waals surface area contributed by atoms with Gasteiger partial charge in [-0.3, -0.25) is 9.69 Å². The molecule has 1 saturated heterocycles. The molecule has 0 spiro atoms. The molecule has 0 unspecified atom stereocenters. The first-order valence-corrected chi connectivity index (χ1v) is 9.20. The number of ether oxygens (including phenoxy) is 1. The lowest BCUT2D eigenvalue weighted by Gasteiger charge is -2.36. The summed E-state index contributed by atoms with van der Waals surface area (Å²) < 4.78 is 16.3. The molecule has 4 rings (SSSR count). The fourth-order valence-electron chi connectivity index (χ4n) is 3.28. The number of furan rings is 1. The Balaban J connectivity index is 1.38. The van der Waals surface area contributed by atoms with Gasteiger partial charge in [-0.15, -0.1) is 10.2 Å². The van der Waals surface area contributed by atoms with Crippen molar-refractivity contribution in [1.82, 2.24) is 20.0 Å². The van der Waals surface area contributed by atoms with Gasteiger partial charge >= 0.3 is 0 Å². The third-order valence-electron chi connectivity index (χ3n) is 5.02. The second-order valence-corrected chi connectivity index (χ2v) is 6.66. The van der Waals surface area contributed by atoms with Crippen LogP contribution in [0.15, 0.2) is 51.5 Å². The van der Waals surface area contributed by atoms with Crippen LogP contribution in [0.5, 0.6) is 5.75 Å². The van der Waals surface area contributed by atoms with E-state index in [0.29, 0.717) is 30.6 Å². The molecule has 2 aromatic heterocycles. The predicted molar refractivity (Wildman–Crippen MR) is 101 cm³/mol. The molecule has 1 aliphatic rings. The van der Waals surface area contributed by atoms with Crippen LogP contribution in [0.4, 0.5) is 0 Å². The first-order valence-electron chi connectivity index (χ1n) is 9.20. The van der Waals surface area contributed by atoms with Crippen molar-refractivity contribution >= 4 is 5.91 Å². The fraction of sp³-hybridized carbons (Fsp3) is 0.350. The van der Waals surface area contributed by atoms with E-state index in [1.165, 1.54) is 6.26 Å². The number of carbonyl (C=O) groups excluding carboxylic acids is 1. The van der Waals surface area contributed by atoms with Crippen LogP contribution in [-0.4, -0.2) is 59.2 Å². The molecule has 8 nitrogen and oxygen atoms in total. The molecule has 3 aromatic rings. The molecule has 0 aliphatic carbocycles. The summed E-state index contributed by atoms with van der Waals surface area (Å²) in [6.07, 6.45) is 1.52. The van der Waals surface area contributed by atoms with Gasteiger partial charge in [0.15, 0.2) is 5.76 Å². The van der Waals surface area contributed by atoms with Gasteiger partial charge in [0.2, 0.25) is 11.8 Å². The smallest absolute Gasteiger partial charge is 0.289 e. The van der Waals surface area contributed by atoms with Crippen molar-refractivity contribution in [2.75, 3.05) is 33.3 Å². The first kappa shape index (κ1) is 18.2. The van der Waals surface area contributed by atoms with Gasteiger partial charge in [-0.05, 0) is 43.3 Å². The molecular formula is C20H22N4O4. The molecule has 0 radical (unpaired) electrons. The lowest BCUT2D eigenvalue weighted by atomic mass is 10.2. The predicted octanol–water partition coefficient (Wildman–Crippen LogP) is 2.86. The van der Waals surface area contributed by atoms with E-state index in [9.17, 15) is 4.79 Å². The van der Waals surface area contributed by atoms with Gasteiger partial charge in [-0.2, -0.15) is 0 Å². The second-order valence-electron chi connectivity index (χ2n) is 6.66. The minimum absolute atomic E-state index is 0.0274. The summed E-state index contributed by atoms with van der Waals surface area (Å²) in [5.74, 6) is 2.13. The van der Waals surface area contributed by atoms with Gasteiger partial charge < -0.3 is 18.5 Å². The molecule has 146 valence electrons. The third-order valence-corrected chi connectivity index (χ3v) is 5.02. The zero-order valence-electron chi connectivity index (χ0n) is 15.9. The molecule has 1 aromatic carbocycles. The van der Waals surface area contributed by atoms with Crippen molar-refractivity contribution in [3.63, 3.8) is 0 Å². The molecule has 0 saturated carbocycles. The molecule has 1 amide bonds. The summed E-state index contributed by atoms with van der Waals surface area (Å²) in [6, 6.07) is 10.9. The van der Waals surface area contributed by atoms with Gasteiger partial charge in [-0.1, -0.05) is 0 Å². The van der Waals surface area contributed by atoms with E-state index in [2.05, 4.69) is 15.1 Å². The molecule has 1 aliphatic heterocycles. The van der Waals surface area contributed by atoms with Crippen LogP contribution in [0.2, 0.25) is 0 Å². The number of carbonyl (C=O) groups is 1. The number of rotatable bonds is 5. The Kier molecular flexibility index (Phi) is 5.12. The topological polar surface area (TPSA) is 84.8 Å². The van der Waals surface area contributed by atoms with Crippen LogP contribution < -0.4 is 4.74 Å². The average Bonchev–Trinajstić information content (AvgIpc) is 3.45. The molecule has 8 heteroatoms. The average molecular weight is 382 g/mol. The number of benzene rings is 1. The number of methoxy groups -OCH3 is 1. The van der Waals surface area contributed by atoms with Crippen LogP contribution >= 0.6 is 0 Å². The Labute approximate surface area is 162 Å². The van der Waals surface area contributed by atoms with E-state index in [1.807, 2.05) is 31.2 Å². The molecule has 0 N–H and O–H groups in total. The van der Waals surface area contributed by atoms with Crippen molar-refractivity contribution in [3.05, 3.63) is 54.3 Å². The highest BCUT2D eigenvalue weighted by molar-refractivity contribution is 5.91. The molecular weight excluding hydrogens is 360 g/mol. The zero-order valence-corrected chi connectivity index (χ0v) is 15.9. The number of aromatic nitrogens is 2. The maximum absolute atomic E-state index is 12.4. The first-order chi connectivity index (χ1) is 13.7. The highest BCUT2D eigenvalue weighted by Gasteiger charge is 2.28. The van der Waals surface area contributed by atoms with Gasteiger partial charge in [-0.25, -0.2) is 0 Å². The van der Waals surface area contributed by atoms with Crippen LogP contribution in [0.25, 0.3) is 11.5 Å². The molecule has 3 heterocycles. The van der Waals surface area contributed by atoms with E-state index in [4.69, 9.17) is 13.6 Å². The molecule has 1 fully saturated rings. The summed E-state index contributed by atoms with van der Waals surface area (Å²) >= 11 is 0. The monoisotopic (exact) mass is 382 g/mol. The van der Waals surface area contributed by atoms with E-state index < -0.39 is 0 Å². The highest BCUT2D eigenvalue weighted by atomic mass is 16.5. The van der Waals surface area contributed by atoms with Crippen molar-refractivity contribution in [2.24, 2.45) is 0 Å². The Morgan fingerprint density at radius 1 is 1.11 bits per heavy atom. The Hall–Kier alpha value is -3.13. The van der Waals surface area contributed by atoms with Gasteiger partial charge in [0.05, 0.1) is 19.4 Å². The van der Waals surface area contributed by atoms with Crippen LogP contribution in [0.3, 0.4) is 0 Å². The quantitative estimate of drug-likeness (QED) is 0.671. The number of hydrogen-bond donors (Lipinski definition) is 0. The fourth-order valence-corrected chi connectivity index (χ4v) is 3.28. The number of piperazine rings is 1. The number of amides is 1. The van der Waals surface area contributed by atoms with E-state index in [-0.39, 0.29) is 11.9 Å². The SMILES string of the molecule is COc1ccc(-c2nnc([C@@H](C)N3CCN(C(=O)c4ccco4)CC3)o2)cc1. The third kappa shape index (κ3) is 3.63. The van der Waals surface area contributed by atoms with Gasteiger partial charge in [0.1, 0.15) is 5.75 Å². The largest absolute Gasteiger partial charge is 0.497 e. The Morgan fingerprint density at radius 2 is 1.86 bits per heavy atom. The van der Waals surface area contributed by atoms with Gasteiger partial charge in [0, 0.05) is 31.7 Å². The minimum Gasteiger partial charge on any atom is -0.497 e. The van der Waals surface area contributed by atoms with E-state index >= 15 is 0 Å². The standard InChI is InChI=1S/C20H22N4O4/c1-14(18-21-22-19(28-18)15-5-7-16(26-2)8-6-15)23-9-11-24(12-10-23)20(25)17-4-3-13-27-17/h3-8,13-14H,9-12H2,1-2H3/t14-/m1/s1. The summed E-state index contributed by atoms with van der Waals surface area (Å²) in [4.78, 5) is 16.4. The van der Waals surface area contributed by atoms with Crippen molar-refractivity contribution in [3.8, 4) is 17.2 Å². The maximum Gasteiger partial charge on any atom is 0.289 e. The van der Waals surface area contributed by atoms with Crippen molar-refractivity contribution in [1.29, 1.82) is 0 Å². The summed E-state index contributed by atoms with van der Waals surface area (Å²) in [6.45, 7) is 4.75. The van der Waals surface area contributed by atoms with Crippen molar-refractivity contribution in [2.45, 2.75) is 13.0 Å². The molecule has 0 bridgehead atoms. The van der Waals surface area contributed by atoms with Crippen LogP contribution in [0, 0.1) is 0 Å². The Bertz CT molecular complexity index is 912. The Morgan fingerprint density at radius 3 is 2.50 bits per heavy atom. The number of nitrogens with zero attached hydrogens (tertiary/aromatic N) is 4. The second kappa shape index (κ2) is 7.85. The normalized spacial score (nSPS) is 16.1. The van der Waals surface area contributed by atoms with Gasteiger partial charge in [0.25, 0.3) is 5.91 Å². The van der Waals surface area contributed by atoms with Crippen molar-refractivity contribution < 1.29 is 18.4 Å². The lowest BCUT2D eigenvalue weighted by molar-refractivity contribution is 0.0531. The lowest BCUT2D eigenvalue weighted by Crippen LogP contribution is -2.49. The van der Waals surface area contributed by atoms with Crippen LogP contribution in [0.1, 0.15) is 29.4 Å². The molecule has 28 heavy (non-hydrogen) atoms. The number of hydrogen-bond acceptors (Lipinski definition) is 7. The van der Waals surface area contributed by atoms with Crippen LogP contribution in [-0.2, 0) is 0 Å². The zero-order chi connectivity index (χ0) is 19.5. The molecule has 1 atom stereocenters. The summed E-state index contributed by atoms with van der Waals surface area (Å²) in [5.41, 5.74) is 0.848. The van der Waals surface area contributed by atoms with E-state index in [1.54, 1.807) is 24.1 Å². The minimum atomic E-state index is -0.0723. The maximum atomic E-state index is 12.4. The highest BCUT2D eigenvalue weighted by Crippen LogP contribution is 2.26.